The third-order valence-corrected chi connectivity index (χ3v) is 5.55. The van der Waals surface area contributed by atoms with Crippen LogP contribution in [0.25, 0.3) is 0 Å². The molecule has 2 aromatic rings. The number of benzene rings is 2. The Labute approximate surface area is 200 Å². The molecule has 9 nitrogen and oxygen atoms in total. The van der Waals surface area contributed by atoms with Crippen molar-refractivity contribution in [2.75, 3.05) is 26.2 Å². The molecule has 1 aliphatic rings. The Kier molecular flexibility index (Phi) is 7.24. The van der Waals surface area contributed by atoms with Gasteiger partial charge in [0.15, 0.2) is 0 Å². The maximum atomic E-state index is 13.1. The van der Waals surface area contributed by atoms with E-state index in [9.17, 15) is 19.6 Å². The number of nitrogens with zero attached hydrogens (tertiary/aromatic N) is 2. The van der Waals surface area contributed by atoms with Crippen LogP contribution in [0, 0.1) is 11.3 Å². The molecule has 0 amide bonds. The highest BCUT2D eigenvalue weighted by atomic mass is 35.5. The second-order valence-corrected chi connectivity index (χ2v) is 7.37. The first-order valence-corrected chi connectivity index (χ1v) is 10.2. The molecule has 3 rings (SSSR count). The van der Waals surface area contributed by atoms with Crippen molar-refractivity contribution in [1.82, 2.24) is 0 Å². The fraction of sp³-hybridized carbons (Fsp3) is 0.167. The summed E-state index contributed by atoms with van der Waals surface area (Å²) in [5.74, 6) is -3.89. The van der Waals surface area contributed by atoms with Crippen LogP contribution in [0.3, 0.4) is 0 Å². The SMILES string of the molecule is COC(=O)C1=C(C(=O)OC)N(c2cccc(Cl)c2C(=O)OC)C(N)=C(C#N)C1c1ccccc1. The van der Waals surface area contributed by atoms with Crippen LogP contribution < -0.4 is 10.6 Å². The van der Waals surface area contributed by atoms with E-state index in [1.54, 1.807) is 30.3 Å². The molecule has 1 aliphatic heterocycles. The van der Waals surface area contributed by atoms with Crippen LogP contribution in [-0.2, 0) is 23.8 Å². The Morgan fingerprint density at radius 2 is 1.56 bits per heavy atom. The number of rotatable bonds is 5. The first kappa shape index (κ1) is 24.4. The zero-order chi connectivity index (χ0) is 25.0. The summed E-state index contributed by atoms with van der Waals surface area (Å²) in [7, 11) is 3.43. The lowest BCUT2D eigenvalue weighted by Crippen LogP contribution is -2.41. The van der Waals surface area contributed by atoms with Crippen molar-refractivity contribution >= 4 is 35.2 Å². The summed E-state index contributed by atoms with van der Waals surface area (Å²) in [6, 6.07) is 15.0. The van der Waals surface area contributed by atoms with E-state index in [4.69, 9.17) is 31.5 Å². The summed E-state index contributed by atoms with van der Waals surface area (Å²) in [5.41, 5.74) is 6.27. The van der Waals surface area contributed by atoms with E-state index in [2.05, 4.69) is 0 Å². The highest BCUT2D eigenvalue weighted by molar-refractivity contribution is 6.34. The topological polar surface area (TPSA) is 132 Å². The largest absolute Gasteiger partial charge is 0.466 e. The van der Waals surface area contributed by atoms with Gasteiger partial charge in [0, 0.05) is 0 Å². The van der Waals surface area contributed by atoms with Gasteiger partial charge in [0.05, 0.1) is 55.2 Å². The van der Waals surface area contributed by atoms with Crippen molar-refractivity contribution in [3.63, 3.8) is 0 Å². The number of methoxy groups -OCH3 is 3. The number of hydrogen-bond acceptors (Lipinski definition) is 9. The number of hydrogen-bond donors (Lipinski definition) is 1. The summed E-state index contributed by atoms with van der Waals surface area (Å²) >= 11 is 6.28. The molecule has 0 spiro atoms. The lowest BCUT2D eigenvalue weighted by molar-refractivity contribution is -0.139. The minimum absolute atomic E-state index is 0.00433. The van der Waals surface area contributed by atoms with Gasteiger partial charge in [-0.05, 0) is 17.7 Å². The van der Waals surface area contributed by atoms with Gasteiger partial charge < -0.3 is 19.9 Å². The molecule has 1 heterocycles. The van der Waals surface area contributed by atoms with E-state index in [1.165, 1.54) is 18.2 Å². The number of carbonyl (C=O) groups excluding carboxylic acids is 3. The van der Waals surface area contributed by atoms with E-state index >= 15 is 0 Å². The van der Waals surface area contributed by atoms with Crippen LogP contribution >= 0.6 is 11.6 Å². The molecule has 2 N–H and O–H groups in total. The first-order valence-electron chi connectivity index (χ1n) is 9.84. The second kappa shape index (κ2) is 10.1. The maximum absolute atomic E-state index is 13.1. The van der Waals surface area contributed by atoms with Gasteiger partial charge in [0.25, 0.3) is 0 Å². The minimum atomic E-state index is -1.04. The monoisotopic (exact) mass is 481 g/mol. The van der Waals surface area contributed by atoms with Crippen LogP contribution in [0.15, 0.2) is 71.2 Å². The molecule has 1 atom stereocenters. The number of nitriles is 1. The van der Waals surface area contributed by atoms with E-state index < -0.39 is 23.8 Å². The molecule has 1 unspecified atom stereocenters. The molecular weight excluding hydrogens is 462 g/mol. The van der Waals surface area contributed by atoms with E-state index in [0.717, 1.165) is 26.2 Å². The fourth-order valence-electron chi connectivity index (χ4n) is 3.77. The van der Waals surface area contributed by atoms with Gasteiger partial charge in [-0.1, -0.05) is 48.0 Å². The number of ether oxygens (including phenoxy) is 3. The standard InChI is InChI=1S/C24H20ClN3O6/c1-32-22(29)18-15(25)10-7-11-16(18)28-20(24(31)34-3)19(23(30)33-2)17(14(12-26)21(28)27)13-8-5-4-6-9-13/h4-11,17H,27H2,1-3H3. The number of anilines is 1. The molecular formula is C24H20ClN3O6. The van der Waals surface area contributed by atoms with Crippen molar-refractivity contribution in [2.24, 2.45) is 5.73 Å². The Bertz CT molecular complexity index is 1260. The summed E-state index contributed by atoms with van der Waals surface area (Å²) in [4.78, 5) is 39.8. The van der Waals surface area contributed by atoms with Crippen molar-refractivity contribution in [2.45, 2.75) is 5.92 Å². The fourth-order valence-corrected chi connectivity index (χ4v) is 4.01. The van der Waals surface area contributed by atoms with Crippen LogP contribution in [-0.4, -0.2) is 39.2 Å². The first-order chi connectivity index (χ1) is 16.3. The summed E-state index contributed by atoms with van der Waals surface area (Å²) in [6.07, 6.45) is 0. The molecule has 34 heavy (non-hydrogen) atoms. The zero-order valence-electron chi connectivity index (χ0n) is 18.5. The summed E-state index contributed by atoms with van der Waals surface area (Å²) < 4.78 is 14.8. The van der Waals surface area contributed by atoms with Gasteiger partial charge in [-0.15, -0.1) is 0 Å². The van der Waals surface area contributed by atoms with Crippen molar-refractivity contribution in [3.8, 4) is 6.07 Å². The second-order valence-electron chi connectivity index (χ2n) is 6.96. The van der Waals surface area contributed by atoms with E-state index in [0.29, 0.717) is 5.56 Å². The zero-order valence-corrected chi connectivity index (χ0v) is 19.3. The highest BCUT2D eigenvalue weighted by Gasteiger charge is 2.44. The smallest absolute Gasteiger partial charge is 0.355 e. The number of nitrogens with two attached hydrogens (primary N) is 1. The molecule has 0 radical (unpaired) electrons. The number of esters is 3. The van der Waals surface area contributed by atoms with Crippen molar-refractivity contribution in [3.05, 3.63) is 87.3 Å². The highest BCUT2D eigenvalue weighted by Crippen LogP contribution is 2.44. The van der Waals surface area contributed by atoms with Gasteiger partial charge in [0.2, 0.25) is 0 Å². The molecule has 0 fully saturated rings. The third-order valence-electron chi connectivity index (χ3n) is 5.23. The van der Waals surface area contributed by atoms with Crippen LogP contribution in [0.2, 0.25) is 5.02 Å². The average Bonchev–Trinajstić information content (AvgIpc) is 2.86. The van der Waals surface area contributed by atoms with E-state index in [-0.39, 0.29) is 38.9 Å². The molecule has 0 saturated heterocycles. The third kappa shape index (κ3) is 4.07. The van der Waals surface area contributed by atoms with Gasteiger partial charge in [0.1, 0.15) is 17.1 Å². The number of carbonyl (C=O) groups is 3. The van der Waals surface area contributed by atoms with Crippen LogP contribution in [0.5, 0.6) is 0 Å². The summed E-state index contributed by atoms with van der Waals surface area (Å²) in [5, 5.41) is 10.1. The normalized spacial score (nSPS) is 15.5. The Hall–Kier alpha value is -4.29. The molecule has 10 heteroatoms. The Balaban J connectivity index is 2.49. The molecule has 2 aromatic carbocycles. The number of allylic oxidation sites excluding steroid dienone is 1. The van der Waals surface area contributed by atoms with Crippen molar-refractivity contribution in [1.29, 1.82) is 5.26 Å². The lowest BCUT2D eigenvalue weighted by Gasteiger charge is -2.36. The average molecular weight is 482 g/mol. The molecule has 0 saturated carbocycles. The van der Waals surface area contributed by atoms with Gasteiger partial charge >= 0.3 is 17.9 Å². The van der Waals surface area contributed by atoms with Crippen molar-refractivity contribution < 1.29 is 28.6 Å². The van der Waals surface area contributed by atoms with Gasteiger partial charge in [-0.3, -0.25) is 4.90 Å². The maximum Gasteiger partial charge on any atom is 0.355 e. The van der Waals surface area contributed by atoms with Gasteiger partial charge in [-0.2, -0.15) is 5.26 Å². The number of halogens is 1. The molecule has 0 aliphatic carbocycles. The molecule has 0 bridgehead atoms. The lowest BCUT2D eigenvalue weighted by atomic mass is 9.80. The predicted molar refractivity (Wildman–Crippen MR) is 122 cm³/mol. The molecule has 0 aromatic heterocycles. The van der Waals surface area contributed by atoms with Gasteiger partial charge in [-0.25, -0.2) is 14.4 Å². The Morgan fingerprint density at radius 1 is 0.941 bits per heavy atom. The minimum Gasteiger partial charge on any atom is -0.466 e. The molecule has 174 valence electrons. The van der Waals surface area contributed by atoms with Crippen LogP contribution in [0.1, 0.15) is 21.8 Å². The van der Waals surface area contributed by atoms with Crippen LogP contribution in [0.4, 0.5) is 5.69 Å². The Morgan fingerprint density at radius 3 is 2.12 bits per heavy atom. The quantitative estimate of drug-likeness (QED) is 0.505. The summed E-state index contributed by atoms with van der Waals surface area (Å²) in [6.45, 7) is 0. The predicted octanol–water partition coefficient (Wildman–Crippen LogP) is 3.02. The van der Waals surface area contributed by atoms with E-state index in [1.807, 2.05) is 6.07 Å².